The number of carbonyl (C=O) groups is 1. The molecule has 0 radical (unpaired) electrons. The summed E-state index contributed by atoms with van der Waals surface area (Å²) in [5, 5.41) is 0. The number of ketones is 1. The number of benzene rings is 2. The second-order valence-electron chi connectivity index (χ2n) is 6.23. The highest BCUT2D eigenvalue weighted by molar-refractivity contribution is 6.13. The molecule has 108 valence electrons. The number of hydrogen-bond acceptors (Lipinski definition) is 3. The Balaban J connectivity index is 2.01. The van der Waals surface area contributed by atoms with Crippen molar-refractivity contribution in [1.29, 1.82) is 0 Å². The van der Waals surface area contributed by atoms with Crippen LogP contribution in [0.15, 0.2) is 36.4 Å². The molecule has 0 atom stereocenters. The van der Waals surface area contributed by atoms with Crippen LogP contribution in [-0.2, 0) is 6.42 Å². The molecule has 0 aromatic heterocycles. The van der Waals surface area contributed by atoms with Gasteiger partial charge in [-0.15, -0.1) is 0 Å². The van der Waals surface area contributed by atoms with Crippen LogP contribution in [0.2, 0.25) is 0 Å². The van der Waals surface area contributed by atoms with Crippen molar-refractivity contribution in [2.24, 2.45) is 0 Å². The number of carbonyl (C=O) groups excluding carboxylic acids is 1. The Hall–Kier alpha value is -2.29. The van der Waals surface area contributed by atoms with Gasteiger partial charge in [0.05, 0.1) is 0 Å². The Bertz CT molecular complexity index is 712. The van der Waals surface area contributed by atoms with Crippen molar-refractivity contribution >= 4 is 11.5 Å². The lowest BCUT2D eigenvalue weighted by molar-refractivity contribution is 0.103. The van der Waals surface area contributed by atoms with E-state index in [9.17, 15) is 4.79 Å². The summed E-state index contributed by atoms with van der Waals surface area (Å²) in [6, 6.07) is 11.2. The molecule has 0 saturated heterocycles. The molecule has 0 amide bonds. The van der Waals surface area contributed by atoms with Crippen molar-refractivity contribution in [2.75, 3.05) is 5.73 Å². The number of fused-ring (bicyclic) bond motifs is 1. The van der Waals surface area contributed by atoms with Crippen molar-refractivity contribution in [3.05, 3.63) is 58.7 Å². The third-order valence-corrected chi connectivity index (χ3v) is 3.86. The van der Waals surface area contributed by atoms with E-state index < -0.39 is 0 Å². The third-order valence-electron chi connectivity index (χ3n) is 3.86. The zero-order valence-electron chi connectivity index (χ0n) is 12.6. The average molecular weight is 281 g/mol. The van der Waals surface area contributed by atoms with Crippen LogP contribution in [0.4, 0.5) is 5.69 Å². The average Bonchev–Trinajstić information content (AvgIpc) is 2.70. The number of aryl methyl sites for hydroxylation is 1. The van der Waals surface area contributed by atoms with E-state index in [1.807, 2.05) is 51.1 Å². The highest BCUT2D eigenvalue weighted by Crippen LogP contribution is 2.35. The van der Waals surface area contributed by atoms with Gasteiger partial charge in [-0.3, -0.25) is 4.79 Å². The van der Waals surface area contributed by atoms with Crippen molar-refractivity contribution in [3.63, 3.8) is 0 Å². The normalized spacial score (nSPS) is 15.4. The van der Waals surface area contributed by atoms with E-state index >= 15 is 0 Å². The maximum absolute atomic E-state index is 12.7. The summed E-state index contributed by atoms with van der Waals surface area (Å²) in [5.74, 6) is 0.840. The molecule has 2 N–H and O–H groups in total. The van der Waals surface area contributed by atoms with E-state index in [-0.39, 0.29) is 11.4 Å². The molecule has 3 rings (SSSR count). The molecule has 0 fully saturated rings. The van der Waals surface area contributed by atoms with Crippen LogP contribution in [0.25, 0.3) is 0 Å². The second kappa shape index (κ2) is 4.62. The lowest BCUT2D eigenvalue weighted by Crippen LogP contribution is -2.24. The molecule has 1 aliphatic heterocycles. The highest BCUT2D eigenvalue weighted by atomic mass is 16.5. The number of nitrogen functional groups attached to an aromatic ring is 1. The number of anilines is 1. The molecular weight excluding hydrogens is 262 g/mol. The maximum Gasteiger partial charge on any atom is 0.195 e. The largest absolute Gasteiger partial charge is 0.487 e. The first-order valence-electron chi connectivity index (χ1n) is 7.09. The van der Waals surface area contributed by atoms with Gasteiger partial charge in [-0.2, -0.15) is 0 Å². The van der Waals surface area contributed by atoms with Crippen LogP contribution in [0.3, 0.4) is 0 Å². The number of hydrogen-bond donors (Lipinski definition) is 1. The van der Waals surface area contributed by atoms with Crippen LogP contribution < -0.4 is 10.5 Å². The molecule has 1 heterocycles. The second-order valence-corrected chi connectivity index (χ2v) is 6.23. The van der Waals surface area contributed by atoms with Crippen molar-refractivity contribution in [2.45, 2.75) is 32.8 Å². The summed E-state index contributed by atoms with van der Waals surface area (Å²) in [4.78, 5) is 12.7. The smallest absolute Gasteiger partial charge is 0.195 e. The van der Waals surface area contributed by atoms with Gasteiger partial charge >= 0.3 is 0 Å². The SMILES string of the molecule is Cc1cccc(N)c1C(=O)c1ccc2c(c1)CC(C)(C)O2. The molecule has 3 heteroatoms. The Morgan fingerprint density at radius 3 is 2.71 bits per heavy atom. The van der Waals surface area contributed by atoms with Crippen molar-refractivity contribution in [3.8, 4) is 5.75 Å². The zero-order valence-corrected chi connectivity index (χ0v) is 12.6. The Labute approximate surface area is 124 Å². The first-order chi connectivity index (χ1) is 9.87. The monoisotopic (exact) mass is 281 g/mol. The Morgan fingerprint density at radius 1 is 1.24 bits per heavy atom. The van der Waals surface area contributed by atoms with E-state index in [2.05, 4.69) is 0 Å². The minimum absolute atomic E-state index is 0.0295. The summed E-state index contributed by atoms with van der Waals surface area (Å²) in [7, 11) is 0. The zero-order chi connectivity index (χ0) is 15.2. The Kier molecular flexibility index (Phi) is 3.01. The maximum atomic E-state index is 12.7. The van der Waals surface area contributed by atoms with E-state index in [4.69, 9.17) is 10.5 Å². The first-order valence-corrected chi connectivity index (χ1v) is 7.09. The predicted octanol–water partition coefficient (Wildman–Crippen LogP) is 3.52. The van der Waals surface area contributed by atoms with Crippen LogP contribution in [0.5, 0.6) is 5.75 Å². The van der Waals surface area contributed by atoms with E-state index in [0.29, 0.717) is 16.8 Å². The van der Waals surface area contributed by atoms with Gasteiger partial charge in [-0.1, -0.05) is 12.1 Å². The quantitative estimate of drug-likeness (QED) is 0.677. The molecule has 0 aliphatic carbocycles. The molecule has 0 spiro atoms. The summed E-state index contributed by atoms with van der Waals surface area (Å²) >= 11 is 0. The lowest BCUT2D eigenvalue weighted by Gasteiger charge is -2.16. The molecule has 0 saturated carbocycles. The molecule has 2 aromatic rings. The fraction of sp³-hybridized carbons (Fsp3) is 0.278. The molecule has 3 nitrogen and oxygen atoms in total. The number of rotatable bonds is 2. The summed E-state index contributed by atoms with van der Waals surface area (Å²) in [6.07, 6.45) is 0.812. The van der Waals surface area contributed by atoms with Gasteiger partial charge in [0.1, 0.15) is 11.4 Å². The minimum atomic E-state index is -0.203. The van der Waals surface area contributed by atoms with Crippen LogP contribution in [0.1, 0.15) is 40.9 Å². The van der Waals surface area contributed by atoms with Gasteiger partial charge in [0.25, 0.3) is 0 Å². The standard InChI is InChI=1S/C18H19NO2/c1-11-5-4-6-14(19)16(11)17(20)12-7-8-15-13(9-12)10-18(2,3)21-15/h4-9H,10,19H2,1-3H3. The molecule has 21 heavy (non-hydrogen) atoms. The van der Waals surface area contributed by atoms with Gasteiger partial charge < -0.3 is 10.5 Å². The highest BCUT2D eigenvalue weighted by Gasteiger charge is 2.30. The minimum Gasteiger partial charge on any atom is -0.487 e. The van der Waals surface area contributed by atoms with E-state index in [1.165, 1.54) is 0 Å². The van der Waals surface area contributed by atoms with Gasteiger partial charge in [-0.05, 0) is 56.2 Å². The molecule has 2 aromatic carbocycles. The summed E-state index contributed by atoms with van der Waals surface area (Å²) in [6.45, 7) is 6.00. The topological polar surface area (TPSA) is 52.3 Å². The van der Waals surface area contributed by atoms with Crippen molar-refractivity contribution in [1.82, 2.24) is 0 Å². The van der Waals surface area contributed by atoms with Gasteiger partial charge in [0, 0.05) is 23.2 Å². The van der Waals surface area contributed by atoms with E-state index in [1.54, 1.807) is 6.07 Å². The molecule has 0 bridgehead atoms. The van der Waals surface area contributed by atoms with Crippen molar-refractivity contribution < 1.29 is 9.53 Å². The lowest BCUT2D eigenvalue weighted by atomic mass is 9.94. The first kappa shape index (κ1) is 13.7. The van der Waals surface area contributed by atoms with Gasteiger partial charge in [-0.25, -0.2) is 0 Å². The summed E-state index contributed by atoms with van der Waals surface area (Å²) in [5.41, 5.74) is 9.53. The van der Waals surface area contributed by atoms with Gasteiger partial charge in [0.2, 0.25) is 0 Å². The van der Waals surface area contributed by atoms with Crippen LogP contribution in [-0.4, -0.2) is 11.4 Å². The number of ether oxygens (including phenoxy) is 1. The fourth-order valence-electron chi connectivity index (χ4n) is 2.90. The molecule has 1 aliphatic rings. The third kappa shape index (κ3) is 2.40. The number of nitrogens with two attached hydrogens (primary N) is 1. The summed E-state index contributed by atoms with van der Waals surface area (Å²) < 4.78 is 5.85. The molecule has 0 unspecified atom stereocenters. The predicted molar refractivity (Wildman–Crippen MR) is 83.9 cm³/mol. The van der Waals surface area contributed by atoms with Crippen LogP contribution >= 0.6 is 0 Å². The van der Waals surface area contributed by atoms with Gasteiger partial charge in [0.15, 0.2) is 5.78 Å². The Morgan fingerprint density at radius 2 is 2.00 bits per heavy atom. The van der Waals surface area contributed by atoms with E-state index in [0.717, 1.165) is 23.3 Å². The molecular formula is C18H19NO2. The fourth-order valence-corrected chi connectivity index (χ4v) is 2.90. The van der Waals surface area contributed by atoms with Crippen LogP contribution in [0, 0.1) is 6.92 Å².